The number of rotatable bonds is 4. The molecule has 0 aliphatic rings. The van der Waals surface area contributed by atoms with E-state index in [0.717, 1.165) is 11.3 Å². The lowest BCUT2D eigenvalue weighted by molar-refractivity contribution is 0.306. The van der Waals surface area contributed by atoms with Gasteiger partial charge in [0.25, 0.3) is 0 Å². The first kappa shape index (κ1) is 10.1. The standard InChI is InChI=1S/C11H12N2OS/c12-6-9-7-13-4-3-11(9)14-8-10-2-1-5-15-10/h1-5,7H,6,8,12H2. The zero-order valence-electron chi connectivity index (χ0n) is 8.22. The molecule has 0 atom stereocenters. The molecule has 2 aromatic heterocycles. The van der Waals surface area contributed by atoms with Gasteiger partial charge in [-0.2, -0.15) is 0 Å². The van der Waals surface area contributed by atoms with Crippen LogP contribution in [0.15, 0.2) is 36.0 Å². The Bertz CT molecular complexity index is 414. The molecule has 0 unspecified atom stereocenters. The van der Waals surface area contributed by atoms with Gasteiger partial charge in [-0.3, -0.25) is 4.98 Å². The molecule has 15 heavy (non-hydrogen) atoms. The second kappa shape index (κ2) is 4.91. The van der Waals surface area contributed by atoms with Crippen molar-refractivity contribution in [3.8, 4) is 5.75 Å². The highest BCUT2D eigenvalue weighted by molar-refractivity contribution is 7.09. The lowest BCUT2D eigenvalue weighted by Crippen LogP contribution is -2.02. The van der Waals surface area contributed by atoms with E-state index in [2.05, 4.69) is 4.98 Å². The second-order valence-corrected chi connectivity index (χ2v) is 4.09. The van der Waals surface area contributed by atoms with Crippen LogP contribution in [-0.2, 0) is 13.2 Å². The number of ether oxygens (including phenoxy) is 1. The van der Waals surface area contributed by atoms with E-state index in [0.29, 0.717) is 13.2 Å². The van der Waals surface area contributed by atoms with E-state index in [9.17, 15) is 0 Å². The van der Waals surface area contributed by atoms with Gasteiger partial charge in [0.2, 0.25) is 0 Å². The maximum Gasteiger partial charge on any atom is 0.127 e. The third kappa shape index (κ3) is 2.55. The molecule has 0 bridgehead atoms. The molecule has 0 saturated heterocycles. The van der Waals surface area contributed by atoms with Crippen molar-refractivity contribution in [2.24, 2.45) is 5.73 Å². The Labute approximate surface area is 92.5 Å². The quantitative estimate of drug-likeness (QED) is 0.859. The second-order valence-electron chi connectivity index (χ2n) is 3.06. The molecule has 0 radical (unpaired) electrons. The van der Waals surface area contributed by atoms with Crippen molar-refractivity contribution >= 4 is 11.3 Å². The number of pyridine rings is 1. The van der Waals surface area contributed by atoms with Gasteiger partial charge in [-0.1, -0.05) is 6.07 Å². The molecule has 2 aromatic rings. The van der Waals surface area contributed by atoms with Gasteiger partial charge < -0.3 is 10.5 Å². The zero-order valence-corrected chi connectivity index (χ0v) is 9.04. The van der Waals surface area contributed by atoms with E-state index in [-0.39, 0.29) is 0 Å². The van der Waals surface area contributed by atoms with Crippen molar-refractivity contribution < 1.29 is 4.74 Å². The first-order valence-corrected chi connectivity index (χ1v) is 5.56. The summed E-state index contributed by atoms with van der Waals surface area (Å²) in [6, 6.07) is 5.91. The summed E-state index contributed by atoms with van der Waals surface area (Å²) in [6.45, 7) is 1.04. The summed E-state index contributed by atoms with van der Waals surface area (Å²) in [7, 11) is 0. The fourth-order valence-electron chi connectivity index (χ4n) is 1.25. The SMILES string of the molecule is NCc1cnccc1OCc1cccs1. The summed E-state index contributed by atoms with van der Waals surface area (Å²) in [6.07, 6.45) is 3.45. The maximum atomic E-state index is 5.66. The molecule has 3 nitrogen and oxygen atoms in total. The average Bonchev–Trinajstić information content (AvgIpc) is 2.79. The van der Waals surface area contributed by atoms with Crippen molar-refractivity contribution in [3.05, 3.63) is 46.4 Å². The first-order chi connectivity index (χ1) is 7.40. The molecule has 0 amide bonds. The Kier molecular flexibility index (Phi) is 3.32. The minimum atomic E-state index is 0.452. The summed E-state index contributed by atoms with van der Waals surface area (Å²) in [5.41, 5.74) is 6.52. The van der Waals surface area contributed by atoms with E-state index >= 15 is 0 Å². The van der Waals surface area contributed by atoms with E-state index in [1.54, 1.807) is 23.7 Å². The van der Waals surface area contributed by atoms with Crippen molar-refractivity contribution in [2.45, 2.75) is 13.2 Å². The van der Waals surface area contributed by atoms with Gasteiger partial charge >= 0.3 is 0 Å². The molecule has 0 fully saturated rings. The minimum absolute atomic E-state index is 0.452. The van der Waals surface area contributed by atoms with Crippen molar-refractivity contribution in [1.29, 1.82) is 0 Å². The molecule has 0 aliphatic heterocycles. The van der Waals surface area contributed by atoms with Gasteiger partial charge in [-0.05, 0) is 17.5 Å². The van der Waals surface area contributed by atoms with Crippen LogP contribution in [-0.4, -0.2) is 4.98 Å². The third-order valence-corrected chi connectivity index (χ3v) is 2.88. The lowest BCUT2D eigenvalue weighted by atomic mass is 10.2. The monoisotopic (exact) mass is 220 g/mol. The number of hydrogen-bond acceptors (Lipinski definition) is 4. The highest BCUT2D eigenvalue weighted by Crippen LogP contribution is 2.18. The molecule has 2 heterocycles. The highest BCUT2D eigenvalue weighted by Gasteiger charge is 2.02. The molecular formula is C11H12N2OS. The average molecular weight is 220 g/mol. The number of aromatic nitrogens is 1. The number of hydrogen-bond donors (Lipinski definition) is 1. The molecule has 2 rings (SSSR count). The van der Waals surface area contributed by atoms with Crippen LogP contribution >= 0.6 is 11.3 Å². The van der Waals surface area contributed by atoms with Crippen LogP contribution in [0.25, 0.3) is 0 Å². The van der Waals surface area contributed by atoms with Crippen molar-refractivity contribution in [2.75, 3.05) is 0 Å². The van der Waals surface area contributed by atoms with Gasteiger partial charge in [0, 0.05) is 29.4 Å². The predicted molar refractivity (Wildman–Crippen MR) is 60.8 cm³/mol. The van der Waals surface area contributed by atoms with Gasteiger partial charge in [-0.25, -0.2) is 0 Å². The molecule has 0 spiro atoms. The minimum Gasteiger partial charge on any atom is -0.488 e. The molecule has 0 aliphatic carbocycles. The summed E-state index contributed by atoms with van der Waals surface area (Å²) < 4.78 is 5.66. The van der Waals surface area contributed by atoms with Crippen LogP contribution in [0, 0.1) is 0 Å². The highest BCUT2D eigenvalue weighted by atomic mass is 32.1. The van der Waals surface area contributed by atoms with Crippen LogP contribution in [0.3, 0.4) is 0 Å². The number of nitrogens with zero attached hydrogens (tertiary/aromatic N) is 1. The summed E-state index contributed by atoms with van der Waals surface area (Å²) in [4.78, 5) is 5.21. The Hall–Kier alpha value is -1.39. The molecule has 4 heteroatoms. The van der Waals surface area contributed by atoms with Crippen LogP contribution in [0.2, 0.25) is 0 Å². The van der Waals surface area contributed by atoms with E-state index in [1.807, 2.05) is 23.6 Å². The smallest absolute Gasteiger partial charge is 0.127 e. The topological polar surface area (TPSA) is 48.1 Å². The number of nitrogens with two attached hydrogens (primary N) is 1. The molecule has 2 N–H and O–H groups in total. The summed E-state index contributed by atoms with van der Waals surface area (Å²) >= 11 is 1.68. The van der Waals surface area contributed by atoms with Gasteiger partial charge in [0.05, 0.1) is 0 Å². The third-order valence-electron chi connectivity index (χ3n) is 2.03. The molecule has 0 aromatic carbocycles. The van der Waals surface area contributed by atoms with Crippen LogP contribution < -0.4 is 10.5 Å². The van der Waals surface area contributed by atoms with Crippen molar-refractivity contribution in [3.63, 3.8) is 0 Å². The van der Waals surface area contributed by atoms with Gasteiger partial charge in [0.1, 0.15) is 12.4 Å². The predicted octanol–water partition coefficient (Wildman–Crippen LogP) is 2.18. The Morgan fingerprint density at radius 3 is 3.07 bits per heavy atom. The fourth-order valence-corrected chi connectivity index (χ4v) is 1.87. The van der Waals surface area contributed by atoms with Gasteiger partial charge in [0.15, 0.2) is 0 Å². The summed E-state index contributed by atoms with van der Waals surface area (Å²) in [5.74, 6) is 0.820. The first-order valence-electron chi connectivity index (χ1n) is 4.68. The molecular weight excluding hydrogens is 208 g/mol. The number of thiophene rings is 1. The zero-order chi connectivity index (χ0) is 10.5. The Balaban J connectivity index is 2.04. The normalized spacial score (nSPS) is 10.2. The fraction of sp³-hybridized carbons (Fsp3) is 0.182. The van der Waals surface area contributed by atoms with Gasteiger partial charge in [-0.15, -0.1) is 11.3 Å². The van der Waals surface area contributed by atoms with Crippen LogP contribution in [0.4, 0.5) is 0 Å². The maximum absolute atomic E-state index is 5.66. The van der Waals surface area contributed by atoms with Crippen LogP contribution in [0.1, 0.15) is 10.4 Å². The van der Waals surface area contributed by atoms with Crippen molar-refractivity contribution in [1.82, 2.24) is 4.98 Å². The Morgan fingerprint density at radius 1 is 1.40 bits per heavy atom. The van der Waals surface area contributed by atoms with Crippen LogP contribution in [0.5, 0.6) is 5.75 Å². The lowest BCUT2D eigenvalue weighted by Gasteiger charge is -2.08. The van der Waals surface area contributed by atoms with E-state index in [4.69, 9.17) is 10.5 Å². The van der Waals surface area contributed by atoms with E-state index in [1.165, 1.54) is 4.88 Å². The molecule has 78 valence electrons. The molecule has 0 saturated carbocycles. The summed E-state index contributed by atoms with van der Waals surface area (Å²) in [5, 5.41) is 2.04. The largest absolute Gasteiger partial charge is 0.488 e. The Morgan fingerprint density at radius 2 is 2.33 bits per heavy atom. The van der Waals surface area contributed by atoms with E-state index < -0.39 is 0 Å².